The van der Waals surface area contributed by atoms with E-state index in [1.165, 1.54) is 24.5 Å². The number of para-hydroxylation sites is 1. The first-order chi connectivity index (χ1) is 33.9. The van der Waals surface area contributed by atoms with E-state index in [4.69, 9.17) is 39.1 Å². The van der Waals surface area contributed by atoms with Crippen LogP contribution in [0.4, 0.5) is 26.0 Å². The number of amides is 1. The second-order valence-electron chi connectivity index (χ2n) is 20.3. The van der Waals surface area contributed by atoms with Crippen LogP contribution in [0.3, 0.4) is 0 Å². The maximum absolute atomic E-state index is 15.0. The molecule has 1 fully saturated rings. The lowest BCUT2D eigenvalue weighted by Crippen LogP contribution is -2.46. The molecule has 1 aliphatic heterocycles. The number of anilines is 2. The predicted octanol–water partition coefficient (Wildman–Crippen LogP) is 9.95. The normalized spacial score (nSPS) is 13.9. The molecule has 1 N–H and O–H groups in total. The smallest absolute Gasteiger partial charge is 0.407 e. The Hall–Kier alpha value is -5.23. The zero-order chi connectivity index (χ0) is 51.1. The van der Waals surface area contributed by atoms with Crippen LogP contribution in [0.1, 0.15) is 85.8 Å². The van der Waals surface area contributed by atoms with E-state index in [9.17, 15) is 14.0 Å². The number of rotatable bonds is 22. The molecule has 1 amide bonds. The van der Waals surface area contributed by atoms with E-state index < -0.39 is 25.5 Å². The lowest BCUT2D eigenvalue weighted by Gasteiger charge is -2.32. The minimum Gasteiger partial charge on any atom is -0.491 e. The van der Waals surface area contributed by atoms with Gasteiger partial charge < -0.3 is 34.1 Å². The number of thiazole rings is 2. The second kappa shape index (κ2) is 25.9. The van der Waals surface area contributed by atoms with Gasteiger partial charge in [0, 0.05) is 50.8 Å². The minimum atomic E-state index is -1.26. The second-order valence-corrected chi connectivity index (χ2v) is 28.0. The zero-order valence-electron chi connectivity index (χ0n) is 43.2. The van der Waals surface area contributed by atoms with E-state index in [2.05, 4.69) is 58.4 Å². The first-order valence-electron chi connectivity index (χ1n) is 24.5. The van der Waals surface area contributed by atoms with Crippen molar-refractivity contribution in [1.82, 2.24) is 34.9 Å². The molecule has 0 saturated carbocycles. The quantitative estimate of drug-likeness (QED) is 0.0304. The number of likely N-dealkylation sites (tertiary alicyclic amines) is 1. The summed E-state index contributed by atoms with van der Waals surface area (Å²) < 4.78 is 40.9. The number of hydrogen-bond donors (Lipinski definition) is 1. The SMILES string of the molecule is COC(=O)c1nc(N(CCCCCN2CCC(NC(=O)OC(C)(C)C)CC2)c2cc(C)c(/N=c3\sc4ccccc4n3COCC[Si](C)(C)C)nn2)sc1CCCOc1ccc(C#CCN(C)C)cc1F. The Labute approximate surface area is 427 Å². The summed E-state index contributed by atoms with van der Waals surface area (Å²) in [5.74, 6) is 6.21. The van der Waals surface area contributed by atoms with Gasteiger partial charge in [0.15, 0.2) is 38.8 Å². The van der Waals surface area contributed by atoms with Crippen molar-refractivity contribution in [3.8, 4) is 17.6 Å². The van der Waals surface area contributed by atoms with Gasteiger partial charge in [-0.3, -0.25) is 9.47 Å². The van der Waals surface area contributed by atoms with Crippen molar-refractivity contribution in [3.63, 3.8) is 0 Å². The average Bonchev–Trinajstić information content (AvgIpc) is 3.89. The lowest BCUT2D eigenvalue weighted by molar-refractivity contribution is 0.0478. The van der Waals surface area contributed by atoms with E-state index >= 15 is 0 Å². The van der Waals surface area contributed by atoms with Gasteiger partial charge in [0.25, 0.3) is 0 Å². The van der Waals surface area contributed by atoms with E-state index in [1.54, 1.807) is 23.5 Å². The number of aryl methyl sites for hydroxylation is 2. The van der Waals surface area contributed by atoms with Crippen LogP contribution in [0, 0.1) is 24.6 Å². The summed E-state index contributed by atoms with van der Waals surface area (Å²) in [5, 5.41) is 13.1. The Kier molecular flexibility index (Phi) is 20.1. The first kappa shape index (κ1) is 55.1. The molecule has 4 heterocycles. The molecule has 5 aromatic rings. The van der Waals surface area contributed by atoms with E-state index in [0.29, 0.717) is 61.6 Å². The molecule has 3 aromatic heterocycles. The topological polar surface area (TPSA) is 149 Å². The Balaban J connectivity index is 1.18. The van der Waals surface area contributed by atoms with Gasteiger partial charge in [-0.05, 0) is 135 Å². The summed E-state index contributed by atoms with van der Waals surface area (Å²) in [6.45, 7) is 19.8. The van der Waals surface area contributed by atoms with Crippen molar-refractivity contribution in [2.24, 2.45) is 4.99 Å². The van der Waals surface area contributed by atoms with Crippen LogP contribution < -0.4 is 19.8 Å². The molecule has 384 valence electrons. The van der Waals surface area contributed by atoms with Crippen LogP contribution in [0.5, 0.6) is 5.75 Å². The summed E-state index contributed by atoms with van der Waals surface area (Å²) >= 11 is 2.99. The van der Waals surface area contributed by atoms with Gasteiger partial charge in [0.05, 0.1) is 30.5 Å². The number of alkyl carbamates (subject to hydrolysis) is 1. The molecule has 0 atom stereocenters. The molecule has 0 unspecified atom stereocenters. The number of methoxy groups -OCH3 is 1. The molecule has 71 heavy (non-hydrogen) atoms. The average molecular weight is 1030 g/mol. The third-order valence-electron chi connectivity index (χ3n) is 11.6. The summed E-state index contributed by atoms with van der Waals surface area (Å²) in [5.41, 5.74) is 2.15. The molecule has 0 bridgehead atoms. The van der Waals surface area contributed by atoms with Crippen molar-refractivity contribution in [3.05, 3.63) is 80.8 Å². The van der Waals surface area contributed by atoms with E-state index in [-0.39, 0.29) is 30.2 Å². The van der Waals surface area contributed by atoms with Crippen LogP contribution in [0.2, 0.25) is 25.7 Å². The molecular weight excluding hydrogens is 958 g/mol. The number of nitrogens with zero attached hydrogens (tertiary/aromatic N) is 8. The highest BCUT2D eigenvalue weighted by molar-refractivity contribution is 7.16. The van der Waals surface area contributed by atoms with Gasteiger partial charge in [-0.15, -0.1) is 21.5 Å². The van der Waals surface area contributed by atoms with Gasteiger partial charge in [-0.2, -0.15) is 4.99 Å². The molecule has 19 heteroatoms. The van der Waals surface area contributed by atoms with Crippen molar-refractivity contribution < 1.29 is 32.9 Å². The molecular formula is C52H72FN9O6S2Si. The van der Waals surface area contributed by atoms with Gasteiger partial charge in [-0.1, -0.05) is 61.4 Å². The van der Waals surface area contributed by atoms with Crippen LogP contribution in [0.15, 0.2) is 53.5 Å². The van der Waals surface area contributed by atoms with Crippen LogP contribution in [-0.4, -0.2) is 128 Å². The highest BCUT2D eigenvalue weighted by Gasteiger charge is 2.26. The molecule has 0 radical (unpaired) electrons. The van der Waals surface area contributed by atoms with Gasteiger partial charge in [-0.25, -0.2) is 19.0 Å². The van der Waals surface area contributed by atoms with Crippen LogP contribution >= 0.6 is 22.7 Å². The van der Waals surface area contributed by atoms with Gasteiger partial charge >= 0.3 is 12.1 Å². The van der Waals surface area contributed by atoms with Gasteiger partial charge in [0.1, 0.15) is 12.3 Å². The zero-order valence-corrected chi connectivity index (χ0v) is 45.9. The molecule has 0 aliphatic carbocycles. The number of benzene rings is 2. The number of carbonyl (C=O) groups excluding carboxylic acids is 2. The van der Waals surface area contributed by atoms with E-state index in [1.807, 2.05) is 69.8 Å². The highest BCUT2D eigenvalue weighted by Crippen LogP contribution is 2.34. The summed E-state index contributed by atoms with van der Waals surface area (Å²) in [7, 11) is 3.94. The maximum Gasteiger partial charge on any atom is 0.407 e. The number of esters is 1. The number of aromatic nitrogens is 4. The first-order valence-corrected chi connectivity index (χ1v) is 29.9. The third-order valence-corrected chi connectivity index (χ3v) is 15.5. The highest BCUT2D eigenvalue weighted by atomic mass is 32.1. The molecule has 1 aliphatic rings. The largest absolute Gasteiger partial charge is 0.491 e. The van der Waals surface area contributed by atoms with Crippen LogP contribution in [-0.2, 0) is 27.4 Å². The maximum atomic E-state index is 15.0. The molecule has 0 spiro atoms. The molecule has 1 saturated heterocycles. The van der Waals surface area contributed by atoms with Crippen molar-refractivity contribution in [1.29, 1.82) is 0 Å². The summed E-state index contributed by atoms with van der Waals surface area (Å²) in [4.78, 5) is 43.5. The van der Waals surface area contributed by atoms with Gasteiger partial charge in [0.2, 0.25) is 0 Å². The number of unbranched alkanes of at least 4 members (excludes halogenated alkanes) is 2. The molecule has 15 nitrogen and oxygen atoms in total. The summed E-state index contributed by atoms with van der Waals surface area (Å²) in [6, 6.07) is 16.1. The Morgan fingerprint density at radius 2 is 1.77 bits per heavy atom. The third kappa shape index (κ3) is 17.2. The number of nitrogens with one attached hydrogen (secondary N) is 1. The Morgan fingerprint density at radius 3 is 2.48 bits per heavy atom. The predicted molar refractivity (Wildman–Crippen MR) is 285 cm³/mol. The molecule has 6 rings (SSSR count). The van der Waals surface area contributed by atoms with Crippen molar-refractivity contribution in [2.45, 2.75) is 117 Å². The van der Waals surface area contributed by atoms with Crippen molar-refractivity contribution in [2.75, 3.05) is 72.0 Å². The fourth-order valence-corrected chi connectivity index (χ4v) is 10.6. The van der Waals surface area contributed by atoms with E-state index in [0.717, 1.165) is 83.2 Å². The van der Waals surface area contributed by atoms with Crippen LogP contribution in [0.25, 0.3) is 10.2 Å². The lowest BCUT2D eigenvalue weighted by atomic mass is 10.0. The number of ether oxygens (including phenoxy) is 4. The number of halogens is 1. The van der Waals surface area contributed by atoms with Crippen molar-refractivity contribution >= 4 is 69.8 Å². The Bertz CT molecular complexity index is 2690. The monoisotopic (exact) mass is 1030 g/mol. The summed E-state index contributed by atoms with van der Waals surface area (Å²) in [6.07, 6.45) is 5.10. The minimum absolute atomic E-state index is 0.104. The number of hydrogen-bond acceptors (Lipinski definition) is 15. The molecule has 2 aromatic carbocycles. The Morgan fingerprint density at radius 1 is 1.00 bits per heavy atom. The number of fused-ring (bicyclic) bond motifs is 1. The number of carbonyl (C=O) groups is 2. The fraction of sp³-hybridized carbons (Fsp3) is 0.538. The standard InChI is InChI=1S/C52H72FN9O6S2Si/c1-37-34-45(57-58-47(37)56-50-62(36-66-32-33-71(8,9)10)41-19-12-13-20-43(41)69-50)61(28-15-11-14-27-60-29-24-39(25-30-60)54-51(64)68-52(2,3)4)49-55-46(48(63)65-7)44(70-49)21-17-31-67-42-23-22-38(35-40(42)53)18-16-26-59(5)6/h12-13,19-20,22-23,34-35,39H,11,14-15,17,21,24-33,36H2,1-10H3,(H,54,64)/b56-50-. The number of piperidine rings is 1. The fourth-order valence-electron chi connectivity index (χ4n) is 7.72.